The van der Waals surface area contributed by atoms with Gasteiger partial charge in [-0.25, -0.2) is 0 Å². The van der Waals surface area contributed by atoms with E-state index in [9.17, 15) is 0 Å². The SMILES string of the molecule is CC=C(C=N)CCN=C(N)NC1=C(C)CC(c2ccccc2)c2ccccc21. The van der Waals surface area contributed by atoms with Gasteiger partial charge < -0.3 is 16.5 Å². The van der Waals surface area contributed by atoms with E-state index >= 15 is 0 Å². The molecule has 4 N–H and O–H groups in total. The summed E-state index contributed by atoms with van der Waals surface area (Å²) in [4.78, 5) is 4.44. The minimum Gasteiger partial charge on any atom is -0.370 e. The van der Waals surface area contributed by atoms with Crippen LogP contribution in [0.4, 0.5) is 0 Å². The molecule has 2 aromatic rings. The molecule has 0 saturated heterocycles. The molecular formula is C24H28N4. The maximum Gasteiger partial charge on any atom is 0.193 e. The molecule has 0 bridgehead atoms. The van der Waals surface area contributed by atoms with Gasteiger partial charge in [-0.3, -0.25) is 4.99 Å². The monoisotopic (exact) mass is 372 g/mol. The van der Waals surface area contributed by atoms with Gasteiger partial charge in [-0.2, -0.15) is 0 Å². The van der Waals surface area contributed by atoms with Crippen molar-refractivity contribution in [2.75, 3.05) is 6.54 Å². The Kier molecular flexibility index (Phi) is 6.43. The highest BCUT2D eigenvalue weighted by Gasteiger charge is 2.26. The van der Waals surface area contributed by atoms with Crippen LogP contribution in [0.2, 0.25) is 0 Å². The van der Waals surface area contributed by atoms with E-state index in [0.29, 0.717) is 24.8 Å². The zero-order valence-electron chi connectivity index (χ0n) is 16.6. The summed E-state index contributed by atoms with van der Waals surface area (Å²) in [5, 5.41) is 10.7. The van der Waals surface area contributed by atoms with Gasteiger partial charge in [-0.15, -0.1) is 0 Å². The largest absolute Gasteiger partial charge is 0.370 e. The summed E-state index contributed by atoms with van der Waals surface area (Å²) in [6, 6.07) is 19.2. The van der Waals surface area contributed by atoms with E-state index < -0.39 is 0 Å². The van der Waals surface area contributed by atoms with Crippen molar-refractivity contribution in [1.29, 1.82) is 5.41 Å². The highest BCUT2D eigenvalue weighted by Crippen LogP contribution is 2.40. The number of nitrogens with zero attached hydrogens (tertiary/aromatic N) is 1. The lowest BCUT2D eigenvalue weighted by atomic mass is 9.78. The van der Waals surface area contributed by atoms with E-state index in [2.05, 4.69) is 71.8 Å². The minimum atomic E-state index is 0.353. The Morgan fingerprint density at radius 3 is 2.61 bits per heavy atom. The van der Waals surface area contributed by atoms with Crippen molar-refractivity contribution in [3.05, 3.63) is 88.5 Å². The first-order valence-electron chi connectivity index (χ1n) is 9.70. The van der Waals surface area contributed by atoms with Crippen molar-refractivity contribution in [3.63, 3.8) is 0 Å². The van der Waals surface area contributed by atoms with Crippen LogP contribution in [0.5, 0.6) is 0 Å². The molecule has 28 heavy (non-hydrogen) atoms. The molecular weight excluding hydrogens is 344 g/mol. The quantitative estimate of drug-likeness (QED) is 0.501. The molecule has 4 heteroatoms. The maximum absolute atomic E-state index is 7.35. The Hall–Kier alpha value is -3.14. The van der Waals surface area contributed by atoms with E-state index in [1.54, 1.807) is 0 Å². The van der Waals surface area contributed by atoms with Crippen molar-refractivity contribution in [2.24, 2.45) is 10.7 Å². The van der Waals surface area contributed by atoms with Crippen LogP contribution < -0.4 is 11.1 Å². The third kappa shape index (κ3) is 4.39. The van der Waals surface area contributed by atoms with Crippen molar-refractivity contribution >= 4 is 17.9 Å². The Morgan fingerprint density at radius 1 is 1.18 bits per heavy atom. The smallest absolute Gasteiger partial charge is 0.193 e. The van der Waals surface area contributed by atoms with Crippen molar-refractivity contribution in [1.82, 2.24) is 5.32 Å². The first-order valence-corrected chi connectivity index (χ1v) is 9.70. The molecule has 0 aliphatic heterocycles. The number of nitrogens with two attached hydrogens (primary N) is 1. The van der Waals surface area contributed by atoms with Crippen LogP contribution in [-0.4, -0.2) is 18.7 Å². The van der Waals surface area contributed by atoms with Gasteiger partial charge in [0, 0.05) is 29.9 Å². The number of guanidine groups is 1. The summed E-state index contributed by atoms with van der Waals surface area (Å²) in [5.41, 5.74) is 13.3. The zero-order chi connectivity index (χ0) is 19.9. The third-order valence-corrected chi connectivity index (χ3v) is 5.24. The maximum atomic E-state index is 7.35. The summed E-state index contributed by atoms with van der Waals surface area (Å²) in [6.07, 6.45) is 4.97. The summed E-state index contributed by atoms with van der Waals surface area (Å²) >= 11 is 0. The average Bonchev–Trinajstić information content (AvgIpc) is 2.73. The molecule has 1 aliphatic rings. The summed E-state index contributed by atoms with van der Waals surface area (Å²) < 4.78 is 0. The molecule has 0 amide bonds. The van der Waals surface area contributed by atoms with Crippen LogP contribution in [0.1, 0.15) is 49.3 Å². The van der Waals surface area contributed by atoms with Crippen LogP contribution in [0.3, 0.4) is 0 Å². The highest BCUT2D eigenvalue weighted by molar-refractivity contribution is 5.90. The zero-order valence-corrected chi connectivity index (χ0v) is 16.6. The molecule has 0 saturated carbocycles. The average molecular weight is 373 g/mol. The van der Waals surface area contributed by atoms with E-state index in [0.717, 1.165) is 17.7 Å². The predicted molar refractivity (Wildman–Crippen MR) is 119 cm³/mol. The standard InChI is InChI=1S/C24H28N4/c1-3-18(16-25)13-14-27-24(26)28-23-17(2)15-22(19-9-5-4-6-10-19)20-11-7-8-12-21(20)23/h3-12,16,22,25H,13-15H2,1-2H3,(H3,26,27,28). The van der Waals surface area contributed by atoms with Gasteiger partial charge in [0.25, 0.3) is 0 Å². The Balaban J connectivity index is 1.83. The Morgan fingerprint density at radius 2 is 1.89 bits per heavy atom. The second-order valence-electron chi connectivity index (χ2n) is 7.06. The van der Waals surface area contributed by atoms with Crippen LogP contribution in [-0.2, 0) is 0 Å². The van der Waals surface area contributed by atoms with E-state index in [4.69, 9.17) is 11.1 Å². The normalized spacial score (nSPS) is 17.3. The lowest BCUT2D eigenvalue weighted by Crippen LogP contribution is -2.33. The van der Waals surface area contributed by atoms with Gasteiger partial charge in [0.2, 0.25) is 0 Å². The van der Waals surface area contributed by atoms with Crippen LogP contribution >= 0.6 is 0 Å². The van der Waals surface area contributed by atoms with E-state index in [-0.39, 0.29) is 0 Å². The van der Waals surface area contributed by atoms with Gasteiger partial charge in [-0.1, -0.05) is 60.7 Å². The van der Waals surface area contributed by atoms with E-state index in [1.165, 1.54) is 28.5 Å². The Labute approximate surface area is 167 Å². The van der Waals surface area contributed by atoms with Gasteiger partial charge in [-0.05, 0) is 49.0 Å². The number of benzene rings is 2. The summed E-state index contributed by atoms with van der Waals surface area (Å²) in [7, 11) is 0. The lowest BCUT2D eigenvalue weighted by Gasteiger charge is -2.29. The molecule has 3 rings (SSSR count). The fraction of sp³-hybridized carbons (Fsp3) is 0.250. The molecule has 1 unspecified atom stereocenters. The van der Waals surface area contributed by atoms with Gasteiger partial charge in [0.15, 0.2) is 5.96 Å². The molecule has 0 spiro atoms. The number of rotatable bonds is 6. The predicted octanol–water partition coefficient (Wildman–Crippen LogP) is 4.84. The number of hydrogen-bond acceptors (Lipinski definition) is 2. The Bertz CT molecular complexity index is 923. The first kappa shape index (κ1) is 19.6. The number of nitrogens with one attached hydrogen (secondary N) is 2. The molecule has 2 aromatic carbocycles. The fourth-order valence-corrected chi connectivity index (χ4v) is 3.71. The number of hydrogen-bond donors (Lipinski definition) is 3. The fourth-order valence-electron chi connectivity index (χ4n) is 3.71. The first-order chi connectivity index (χ1) is 13.6. The van der Waals surface area contributed by atoms with Crippen molar-refractivity contribution < 1.29 is 0 Å². The topological polar surface area (TPSA) is 74.3 Å². The van der Waals surface area contributed by atoms with Crippen LogP contribution in [0.25, 0.3) is 5.70 Å². The summed E-state index contributed by atoms with van der Waals surface area (Å²) in [5.74, 6) is 0.772. The lowest BCUT2D eigenvalue weighted by molar-refractivity contribution is 0.773. The molecule has 4 nitrogen and oxygen atoms in total. The second kappa shape index (κ2) is 9.18. The third-order valence-electron chi connectivity index (χ3n) is 5.24. The van der Waals surface area contributed by atoms with E-state index in [1.807, 2.05) is 13.0 Å². The molecule has 144 valence electrons. The number of fused-ring (bicyclic) bond motifs is 1. The minimum absolute atomic E-state index is 0.353. The van der Waals surface area contributed by atoms with Gasteiger partial charge in [0.1, 0.15) is 0 Å². The molecule has 0 aromatic heterocycles. The summed E-state index contributed by atoms with van der Waals surface area (Å²) in [6.45, 7) is 4.66. The molecule has 1 atom stereocenters. The number of allylic oxidation sites excluding steroid dienone is 2. The van der Waals surface area contributed by atoms with Gasteiger partial charge in [0.05, 0.1) is 0 Å². The van der Waals surface area contributed by atoms with Crippen LogP contribution in [0.15, 0.2) is 76.8 Å². The molecule has 0 radical (unpaired) electrons. The van der Waals surface area contributed by atoms with Gasteiger partial charge >= 0.3 is 0 Å². The molecule has 0 heterocycles. The number of aliphatic imine (C=N–C) groups is 1. The molecule has 0 fully saturated rings. The van der Waals surface area contributed by atoms with Crippen molar-refractivity contribution in [2.45, 2.75) is 32.6 Å². The van der Waals surface area contributed by atoms with Crippen molar-refractivity contribution in [3.8, 4) is 0 Å². The molecule has 1 aliphatic carbocycles. The highest BCUT2D eigenvalue weighted by atomic mass is 15.1. The van der Waals surface area contributed by atoms with Crippen LogP contribution in [0, 0.1) is 5.41 Å². The second-order valence-corrected chi connectivity index (χ2v) is 7.06.